The zero-order chi connectivity index (χ0) is 15.6. The van der Waals surface area contributed by atoms with Gasteiger partial charge in [-0.05, 0) is 40.2 Å². The van der Waals surface area contributed by atoms with Crippen LogP contribution in [0.3, 0.4) is 0 Å². The van der Waals surface area contributed by atoms with Gasteiger partial charge in [0.15, 0.2) is 0 Å². The molecule has 0 bridgehead atoms. The molecule has 0 aliphatic rings. The van der Waals surface area contributed by atoms with Crippen molar-refractivity contribution >= 4 is 53.3 Å². The number of nitrogens with one attached hydrogen (secondary N) is 1. The van der Waals surface area contributed by atoms with Crippen molar-refractivity contribution in [2.75, 3.05) is 4.72 Å². The lowest BCUT2D eigenvalue weighted by molar-refractivity contribution is -0.384. The smallest absolute Gasteiger partial charge is 0.271 e. The molecule has 0 aliphatic heterocycles. The van der Waals surface area contributed by atoms with Crippen LogP contribution >= 0.6 is 31.9 Å². The minimum atomic E-state index is -3.86. The zero-order valence-electron chi connectivity index (χ0n) is 10.3. The first-order valence-electron chi connectivity index (χ1n) is 5.52. The highest BCUT2D eigenvalue weighted by atomic mass is 79.9. The fraction of sp³-hybridized carbons (Fsp3) is 0. The number of nitro benzene ring substituents is 1. The molecule has 0 unspecified atom stereocenters. The molecule has 0 amide bonds. The number of nitro groups is 1. The molecular weight excluding hydrogens is 428 g/mol. The van der Waals surface area contributed by atoms with Gasteiger partial charge >= 0.3 is 0 Å². The third-order valence-corrected chi connectivity index (χ3v) is 5.36. The molecule has 1 N–H and O–H groups in total. The lowest BCUT2D eigenvalue weighted by atomic mass is 10.3. The number of non-ortho nitro benzene ring substituents is 1. The summed E-state index contributed by atoms with van der Waals surface area (Å²) in [5.41, 5.74) is -0.0698. The summed E-state index contributed by atoms with van der Waals surface area (Å²) < 4.78 is 28.0. The normalized spacial score (nSPS) is 11.1. The van der Waals surface area contributed by atoms with Crippen molar-refractivity contribution < 1.29 is 13.3 Å². The predicted octanol–water partition coefficient (Wildman–Crippen LogP) is 3.92. The van der Waals surface area contributed by atoms with Crippen molar-refractivity contribution in [3.63, 3.8) is 0 Å². The van der Waals surface area contributed by atoms with Crippen molar-refractivity contribution in [2.24, 2.45) is 0 Å². The molecule has 0 aromatic heterocycles. The SMILES string of the molecule is O=[N+]([O-])c1cccc(NS(=O)(=O)c2cc(Br)ccc2Br)c1. The molecule has 2 aromatic rings. The van der Waals surface area contributed by atoms with E-state index >= 15 is 0 Å². The summed E-state index contributed by atoms with van der Waals surface area (Å²) in [5, 5.41) is 10.7. The average molecular weight is 436 g/mol. The maximum Gasteiger partial charge on any atom is 0.271 e. The maximum absolute atomic E-state index is 12.3. The van der Waals surface area contributed by atoms with Gasteiger partial charge in [0.25, 0.3) is 15.7 Å². The van der Waals surface area contributed by atoms with E-state index in [2.05, 4.69) is 36.6 Å². The van der Waals surface area contributed by atoms with Gasteiger partial charge in [-0.1, -0.05) is 22.0 Å². The average Bonchev–Trinajstić information content (AvgIpc) is 2.41. The second-order valence-corrected chi connectivity index (χ2v) is 7.41. The Morgan fingerprint density at radius 1 is 1.10 bits per heavy atom. The number of rotatable bonds is 4. The summed E-state index contributed by atoms with van der Waals surface area (Å²) in [5.74, 6) is 0. The number of halogens is 2. The number of benzene rings is 2. The molecule has 0 saturated heterocycles. The Labute approximate surface area is 137 Å². The number of anilines is 1. The van der Waals surface area contributed by atoms with Gasteiger partial charge in [0.2, 0.25) is 0 Å². The largest absolute Gasteiger partial charge is 0.279 e. The standard InChI is InChI=1S/C12H8Br2N2O4S/c13-8-4-5-11(14)12(6-8)21(19,20)15-9-2-1-3-10(7-9)16(17)18/h1-7,15H. The van der Waals surface area contributed by atoms with E-state index in [9.17, 15) is 18.5 Å². The van der Waals surface area contributed by atoms with Crippen LogP contribution in [0, 0.1) is 10.1 Å². The van der Waals surface area contributed by atoms with Crippen LogP contribution in [-0.4, -0.2) is 13.3 Å². The van der Waals surface area contributed by atoms with Crippen LogP contribution in [0.1, 0.15) is 0 Å². The maximum atomic E-state index is 12.3. The van der Waals surface area contributed by atoms with Crippen LogP contribution in [0.4, 0.5) is 11.4 Å². The van der Waals surface area contributed by atoms with Crippen molar-refractivity contribution in [1.29, 1.82) is 0 Å². The molecule has 0 saturated carbocycles. The lowest BCUT2D eigenvalue weighted by Gasteiger charge is -2.10. The Bertz CT molecular complexity index is 809. The minimum Gasteiger partial charge on any atom is -0.279 e. The molecular formula is C12H8Br2N2O4S. The van der Waals surface area contributed by atoms with Gasteiger partial charge in [-0.3, -0.25) is 14.8 Å². The summed E-state index contributed by atoms with van der Waals surface area (Å²) in [4.78, 5) is 10.1. The Hall–Kier alpha value is -1.45. The quantitative estimate of drug-likeness (QED) is 0.582. The fourth-order valence-corrected chi connectivity index (χ4v) is 4.13. The molecule has 0 heterocycles. The number of nitrogens with zero attached hydrogens (tertiary/aromatic N) is 1. The van der Waals surface area contributed by atoms with Crippen molar-refractivity contribution in [2.45, 2.75) is 4.90 Å². The molecule has 21 heavy (non-hydrogen) atoms. The Morgan fingerprint density at radius 2 is 1.81 bits per heavy atom. The molecule has 2 aromatic carbocycles. The molecule has 110 valence electrons. The van der Waals surface area contributed by atoms with Crippen LogP contribution in [0.5, 0.6) is 0 Å². The molecule has 0 spiro atoms. The highest BCUT2D eigenvalue weighted by Crippen LogP contribution is 2.28. The van der Waals surface area contributed by atoms with E-state index in [1.54, 1.807) is 12.1 Å². The topological polar surface area (TPSA) is 89.3 Å². The summed E-state index contributed by atoms with van der Waals surface area (Å²) in [6, 6.07) is 10.0. The second kappa shape index (κ2) is 6.12. The van der Waals surface area contributed by atoms with E-state index in [1.165, 1.54) is 24.3 Å². The second-order valence-electron chi connectivity index (χ2n) is 3.99. The van der Waals surface area contributed by atoms with Gasteiger partial charge in [-0.2, -0.15) is 0 Å². The third kappa shape index (κ3) is 3.80. The van der Waals surface area contributed by atoms with Crippen LogP contribution in [0.2, 0.25) is 0 Å². The summed E-state index contributed by atoms with van der Waals surface area (Å²) in [7, 11) is -3.86. The highest BCUT2D eigenvalue weighted by Gasteiger charge is 2.19. The number of hydrogen-bond donors (Lipinski definition) is 1. The van der Waals surface area contributed by atoms with E-state index in [0.717, 1.165) is 6.07 Å². The first-order chi connectivity index (χ1) is 9.79. The van der Waals surface area contributed by atoms with E-state index in [1.807, 2.05) is 0 Å². The van der Waals surface area contributed by atoms with Crippen LogP contribution < -0.4 is 4.72 Å². The molecule has 0 fully saturated rings. The Kier molecular flexibility index (Phi) is 4.64. The molecule has 6 nitrogen and oxygen atoms in total. The highest BCUT2D eigenvalue weighted by molar-refractivity contribution is 9.11. The van der Waals surface area contributed by atoms with Gasteiger partial charge in [-0.15, -0.1) is 0 Å². The minimum absolute atomic E-state index is 0.0309. The summed E-state index contributed by atoms with van der Waals surface area (Å²) >= 11 is 6.37. The monoisotopic (exact) mass is 434 g/mol. The van der Waals surface area contributed by atoms with E-state index < -0.39 is 14.9 Å². The van der Waals surface area contributed by atoms with Crippen molar-refractivity contribution in [1.82, 2.24) is 0 Å². The number of hydrogen-bond acceptors (Lipinski definition) is 4. The molecule has 9 heteroatoms. The molecule has 0 radical (unpaired) electrons. The Morgan fingerprint density at radius 3 is 2.48 bits per heavy atom. The van der Waals surface area contributed by atoms with Gasteiger partial charge in [0.05, 0.1) is 10.6 Å². The van der Waals surface area contributed by atoms with Crippen LogP contribution in [-0.2, 0) is 10.0 Å². The van der Waals surface area contributed by atoms with E-state index in [4.69, 9.17) is 0 Å². The fourth-order valence-electron chi connectivity index (χ4n) is 1.58. The predicted molar refractivity (Wildman–Crippen MR) is 85.7 cm³/mol. The lowest BCUT2D eigenvalue weighted by Crippen LogP contribution is -2.13. The third-order valence-electron chi connectivity index (χ3n) is 2.49. The van der Waals surface area contributed by atoms with Gasteiger partial charge in [-0.25, -0.2) is 8.42 Å². The van der Waals surface area contributed by atoms with Gasteiger partial charge in [0.1, 0.15) is 4.90 Å². The van der Waals surface area contributed by atoms with Crippen LogP contribution in [0.15, 0.2) is 56.3 Å². The molecule has 2 rings (SSSR count). The van der Waals surface area contributed by atoms with Crippen molar-refractivity contribution in [3.05, 3.63) is 61.5 Å². The van der Waals surface area contributed by atoms with Gasteiger partial charge in [0, 0.05) is 21.1 Å². The molecule has 0 atom stereocenters. The van der Waals surface area contributed by atoms with Crippen molar-refractivity contribution in [3.8, 4) is 0 Å². The van der Waals surface area contributed by atoms with Gasteiger partial charge < -0.3 is 0 Å². The van der Waals surface area contributed by atoms with Crippen LogP contribution in [0.25, 0.3) is 0 Å². The number of sulfonamides is 1. The van der Waals surface area contributed by atoms with E-state index in [0.29, 0.717) is 8.95 Å². The summed E-state index contributed by atoms with van der Waals surface area (Å²) in [6.07, 6.45) is 0. The summed E-state index contributed by atoms with van der Waals surface area (Å²) in [6.45, 7) is 0. The zero-order valence-corrected chi connectivity index (χ0v) is 14.3. The molecule has 0 aliphatic carbocycles. The Balaban J connectivity index is 2.40. The van der Waals surface area contributed by atoms with E-state index in [-0.39, 0.29) is 16.3 Å². The first kappa shape index (κ1) is 15.9. The first-order valence-corrected chi connectivity index (χ1v) is 8.59.